The number of rotatable bonds is 6. The fourth-order valence-electron chi connectivity index (χ4n) is 5.95. The quantitative estimate of drug-likeness (QED) is 0.747. The van der Waals surface area contributed by atoms with E-state index in [1.807, 2.05) is 18.2 Å². The van der Waals surface area contributed by atoms with E-state index in [4.69, 9.17) is 4.98 Å². The summed E-state index contributed by atoms with van der Waals surface area (Å²) in [6, 6.07) is 10.9. The van der Waals surface area contributed by atoms with Crippen LogP contribution < -0.4 is 5.32 Å². The molecule has 1 heterocycles. The van der Waals surface area contributed by atoms with E-state index in [9.17, 15) is 4.79 Å². The maximum Gasteiger partial charge on any atom is 0.227 e. The second-order valence-electron chi connectivity index (χ2n) is 9.97. The van der Waals surface area contributed by atoms with E-state index >= 15 is 0 Å². The van der Waals surface area contributed by atoms with Crippen LogP contribution in [0.25, 0.3) is 5.57 Å². The fraction of sp³-hybridized carbons (Fsp3) is 0.519. The van der Waals surface area contributed by atoms with E-state index in [1.54, 1.807) is 6.33 Å². The molecule has 0 saturated heterocycles. The van der Waals surface area contributed by atoms with Crippen LogP contribution in [0.2, 0.25) is 0 Å². The third-order valence-corrected chi connectivity index (χ3v) is 7.77. The first-order valence-electron chi connectivity index (χ1n) is 12.1. The van der Waals surface area contributed by atoms with E-state index in [2.05, 4.69) is 41.4 Å². The summed E-state index contributed by atoms with van der Waals surface area (Å²) in [5.74, 6) is 0.763. The molecule has 1 aromatic heterocycles. The molecule has 1 unspecified atom stereocenters. The SMILES string of the molecule is CN(C)C1CCC(Cc2ncnc3c2C2=C(CCC2C(=O)NCc2ccccc2)C3)CC1. The average molecular weight is 431 g/mol. The number of nitrogens with one attached hydrogen (secondary N) is 1. The predicted octanol–water partition coefficient (Wildman–Crippen LogP) is 4.18. The van der Waals surface area contributed by atoms with Crippen LogP contribution in [0.5, 0.6) is 0 Å². The largest absolute Gasteiger partial charge is 0.351 e. The number of nitrogens with zero attached hydrogens (tertiary/aromatic N) is 3. The molecule has 3 aliphatic carbocycles. The maximum absolute atomic E-state index is 13.2. The van der Waals surface area contributed by atoms with Gasteiger partial charge in [-0.3, -0.25) is 4.79 Å². The smallest absolute Gasteiger partial charge is 0.227 e. The molecule has 1 fully saturated rings. The summed E-state index contributed by atoms with van der Waals surface area (Å²) >= 11 is 0. The van der Waals surface area contributed by atoms with Crippen molar-refractivity contribution in [1.82, 2.24) is 20.2 Å². The molecule has 1 amide bonds. The Balaban J connectivity index is 1.31. The molecule has 0 aliphatic heterocycles. The summed E-state index contributed by atoms with van der Waals surface area (Å²) in [4.78, 5) is 24.9. The molecule has 168 valence electrons. The van der Waals surface area contributed by atoms with Crippen molar-refractivity contribution in [3.05, 3.63) is 64.7 Å². The number of carbonyl (C=O) groups excluding carboxylic acids is 1. The molecule has 1 N–H and O–H groups in total. The Morgan fingerprint density at radius 1 is 1.06 bits per heavy atom. The Bertz CT molecular complexity index is 1010. The van der Waals surface area contributed by atoms with Gasteiger partial charge in [-0.15, -0.1) is 0 Å². The first kappa shape index (κ1) is 21.3. The summed E-state index contributed by atoms with van der Waals surface area (Å²) in [7, 11) is 4.39. The highest BCUT2D eigenvalue weighted by Gasteiger charge is 2.39. The lowest BCUT2D eigenvalue weighted by molar-refractivity contribution is -0.123. The molecule has 0 radical (unpaired) electrons. The van der Waals surface area contributed by atoms with Crippen molar-refractivity contribution in [2.75, 3.05) is 14.1 Å². The van der Waals surface area contributed by atoms with E-state index in [0.717, 1.165) is 36.9 Å². The standard InChI is InChI=1S/C27H34N4O/c1-31(2)21-11-8-18(9-12-21)14-23-26-24(30-17-29-23)15-20-10-13-22(25(20)26)27(32)28-16-19-6-4-3-5-7-19/h3-7,17-18,21-22H,8-16H2,1-2H3,(H,28,32). The highest BCUT2D eigenvalue weighted by molar-refractivity contribution is 5.96. The van der Waals surface area contributed by atoms with Crippen LogP contribution in [-0.4, -0.2) is 40.9 Å². The Hall–Kier alpha value is -2.53. The highest BCUT2D eigenvalue weighted by Crippen LogP contribution is 2.47. The number of hydrogen-bond donors (Lipinski definition) is 1. The van der Waals surface area contributed by atoms with E-state index in [0.29, 0.717) is 18.5 Å². The van der Waals surface area contributed by atoms with Crippen LogP contribution in [0.1, 0.15) is 61.0 Å². The normalized spacial score (nSPS) is 24.5. The van der Waals surface area contributed by atoms with E-state index < -0.39 is 0 Å². The minimum absolute atomic E-state index is 0.0656. The number of aromatic nitrogens is 2. The molecule has 2 aromatic rings. The summed E-state index contributed by atoms with van der Waals surface area (Å²) in [5.41, 5.74) is 7.34. The number of amides is 1. The zero-order valence-electron chi connectivity index (χ0n) is 19.3. The molecule has 0 bridgehead atoms. The lowest BCUT2D eigenvalue weighted by atomic mass is 9.81. The summed E-state index contributed by atoms with van der Waals surface area (Å²) < 4.78 is 0. The fourth-order valence-corrected chi connectivity index (χ4v) is 5.95. The van der Waals surface area contributed by atoms with Gasteiger partial charge in [0.2, 0.25) is 5.91 Å². The van der Waals surface area contributed by atoms with Gasteiger partial charge in [-0.1, -0.05) is 35.9 Å². The van der Waals surface area contributed by atoms with Crippen LogP contribution in [0.4, 0.5) is 0 Å². The molecular formula is C27H34N4O. The molecule has 32 heavy (non-hydrogen) atoms. The maximum atomic E-state index is 13.2. The molecular weight excluding hydrogens is 396 g/mol. The van der Waals surface area contributed by atoms with Crippen LogP contribution in [0.15, 0.2) is 42.2 Å². The molecule has 5 nitrogen and oxygen atoms in total. The average Bonchev–Trinajstić information content (AvgIpc) is 3.38. The van der Waals surface area contributed by atoms with Gasteiger partial charge >= 0.3 is 0 Å². The van der Waals surface area contributed by atoms with E-state index in [-0.39, 0.29) is 11.8 Å². The van der Waals surface area contributed by atoms with Crippen molar-refractivity contribution in [3.8, 4) is 0 Å². The molecule has 3 aliphatic rings. The van der Waals surface area contributed by atoms with E-state index in [1.165, 1.54) is 48.1 Å². The first-order chi connectivity index (χ1) is 15.6. The molecule has 5 rings (SSSR count). The number of benzene rings is 1. The van der Waals surface area contributed by atoms with Gasteiger partial charge in [-0.2, -0.15) is 0 Å². The highest BCUT2D eigenvalue weighted by atomic mass is 16.1. The van der Waals surface area contributed by atoms with Crippen molar-refractivity contribution < 1.29 is 4.79 Å². The Morgan fingerprint density at radius 3 is 2.59 bits per heavy atom. The summed E-state index contributed by atoms with van der Waals surface area (Å²) in [5, 5.41) is 3.18. The van der Waals surface area contributed by atoms with Crippen molar-refractivity contribution in [2.45, 2.75) is 64.0 Å². The lowest BCUT2D eigenvalue weighted by Crippen LogP contribution is -2.32. The monoisotopic (exact) mass is 430 g/mol. The molecule has 1 atom stereocenters. The number of fused-ring (bicyclic) bond motifs is 2. The van der Waals surface area contributed by atoms with Gasteiger partial charge in [0.05, 0.1) is 17.3 Å². The van der Waals surface area contributed by atoms with Crippen molar-refractivity contribution in [3.63, 3.8) is 0 Å². The summed E-state index contributed by atoms with van der Waals surface area (Å²) in [6.07, 6.45) is 10.6. The van der Waals surface area contributed by atoms with Crippen LogP contribution >= 0.6 is 0 Å². The van der Waals surface area contributed by atoms with Crippen LogP contribution in [0, 0.1) is 11.8 Å². The van der Waals surface area contributed by atoms with Gasteiger partial charge in [-0.05, 0) is 76.1 Å². The Kier molecular flexibility index (Phi) is 6.09. The third-order valence-electron chi connectivity index (χ3n) is 7.77. The lowest BCUT2D eigenvalue weighted by Gasteiger charge is -2.32. The second-order valence-corrected chi connectivity index (χ2v) is 9.97. The van der Waals surface area contributed by atoms with Gasteiger partial charge in [-0.25, -0.2) is 9.97 Å². The zero-order chi connectivity index (χ0) is 22.1. The van der Waals surface area contributed by atoms with Gasteiger partial charge in [0, 0.05) is 24.6 Å². The third kappa shape index (κ3) is 4.23. The Labute approximate surface area is 191 Å². The number of hydrogen-bond acceptors (Lipinski definition) is 4. The van der Waals surface area contributed by atoms with Gasteiger partial charge in [0.1, 0.15) is 6.33 Å². The first-order valence-corrected chi connectivity index (χ1v) is 12.1. The molecule has 1 saturated carbocycles. The molecule has 5 heteroatoms. The van der Waals surface area contributed by atoms with Crippen molar-refractivity contribution in [2.24, 2.45) is 11.8 Å². The summed E-state index contributed by atoms with van der Waals surface area (Å²) in [6.45, 7) is 0.582. The number of carbonyl (C=O) groups is 1. The van der Waals surface area contributed by atoms with Crippen molar-refractivity contribution in [1.29, 1.82) is 0 Å². The van der Waals surface area contributed by atoms with Crippen LogP contribution in [-0.2, 0) is 24.2 Å². The minimum atomic E-state index is -0.0656. The zero-order valence-corrected chi connectivity index (χ0v) is 19.3. The molecule has 1 aromatic carbocycles. The van der Waals surface area contributed by atoms with Gasteiger partial charge < -0.3 is 10.2 Å². The van der Waals surface area contributed by atoms with Gasteiger partial charge in [0.15, 0.2) is 0 Å². The molecule has 0 spiro atoms. The van der Waals surface area contributed by atoms with Gasteiger partial charge in [0.25, 0.3) is 0 Å². The number of allylic oxidation sites excluding steroid dienone is 1. The second kappa shape index (κ2) is 9.14. The predicted molar refractivity (Wildman–Crippen MR) is 127 cm³/mol. The van der Waals surface area contributed by atoms with Crippen LogP contribution in [0.3, 0.4) is 0 Å². The van der Waals surface area contributed by atoms with Crippen molar-refractivity contribution >= 4 is 11.5 Å². The topological polar surface area (TPSA) is 58.1 Å². The Morgan fingerprint density at radius 2 is 1.84 bits per heavy atom. The minimum Gasteiger partial charge on any atom is -0.351 e.